The van der Waals surface area contributed by atoms with Crippen LogP contribution >= 0.6 is 23.2 Å². The summed E-state index contributed by atoms with van der Waals surface area (Å²) in [6.07, 6.45) is 3.10. The number of pyridine rings is 1. The van der Waals surface area contributed by atoms with Crippen LogP contribution in [0.15, 0.2) is 60.9 Å². The lowest BCUT2D eigenvalue weighted by atomic mass is 10.2. The maximum absolute atomic E-state index is 12.4. The first-order valence-electron chi connectivity index (χ1n) is 7.57. The van der Waals surface area contributed by atoms with E-state index in [1.165, 1.54) is 6.20 Å². The topological polar surface area (TPSA) is 54.0 Å². The van der Waals surface area contributed by atoms with Gasteiger partial charge in [0.1, 0.15) is 0 Å². The third kappa shape index (κ3) is 4.29. The molecule has 25 heavy (non-hydrogen) atoms. The highest BCUT2D eigenvalue weighted by molar-refractivity contribution is 6.39. The van der Waals surface area contributed by atoms with Crippen LogP contribution in [-0.4, -0.2) is 10.9 Å². The number of nitrogens with zero attached hydrogens (tertiary/aromatic N) is 1. The van der Waals surface area contributed by atoms with Crippen LogP contribution in [0.4, 0.5) is 17.1 Å². The summed E-state index contributed by atoms with van der Waals surface area (Å²) in [5.41, 5.74) is 3.42. The van der Waals surface area contributed by atoms with E-state index < -0.39 is 0 Å². The Kier molecular flexibility index (Phi) is 5.22. The van der Waals surface area contributed by atoms with E-state index in [9.17, 15) is 4.79 Å². The molecule has 1 amide bonds. The van der Waals surface area contributed by atoms with Crippen molar-refractivity contribution < 1.29 is 4.79 Å². The third-order valence-electron chi connectivity index (χ3n) is 3.51. The second kappa shape index (κ2) is 7.55. The first-order valence-corrected chi connectivity index (χ1v) is 8.32. The molecular weight excluding hydrogens is 357 g/mol. The molecule has 0 spiro atoms. The minimum absolute atomic E-state index is 0.244. The minimum Gasteiger partial charge on any atom is -0.352 e. The van der Waals surface area contributed by atoms with Crippen molar-refractivity contribution in [3.8, 4) is 0 Å². The van der Waals surface area contributed by atoms with Crippen LogP contribution in [0.2, 0.25) is 10.0 Å². The SMILES string of the molecule is Cc1cccc(NC(=O)c2cncc(Nc3c(Cl)cccc3Cl)c2)c1. The zero-order valence-electron chi connectivity index (χ0n) is 13.4. The summed E-state index contributed by atoms with van der Waals surface area (Å²) in [5, 5.41) is 6.93. The van der Waals surface area contributed by atoms with Crippen molar-refractivity contribution in [1.29, 1.82) is 0 Å². The molecular formula is C19H15Cl2N3O. The fraction of sp³-hybridized carbons (Fsp3) is 0.0526. The predicted molar refractivity (Wildman–Crippen MR) is 103 cm³/mol. The number of hydrogen-bond donors (Lipinski definition) is 2. The summed E-state index contributed by atoms with van der Waals surface area (Å²) in [6, 6.07) is 14.5. The van der Waals surface area contributed by atoms with Gasteiger partial charge in [-0.1, -0.05) is 41.4 Å². The Balaban J connectivity index is 1.80. The van der Waals surface area contributed by atoms with E-state index in [2.05, 4.69) is 15.6 Å². The molecule has 126 valence electrons. The Labute approximate surface area is 155 Å². The fourth-order valence-corrected chi connectivity index (χ4v) is 2.81. The van der Waals surface area contributed by atoms with E-state index in [0.29, 0.717) is 27.0 Å². The monoisotopic (exact) mass is 371 g/mol. The Morgan fingerprint density at radius 3 is 2.40 bits per heavy atom. The number of carbonyl (C=O) groups excluding carboxylic acids is 1. The molecule has 6 heteroatoms. The standard InChI is InChI=1S/C19H15Cl2N3O/c1-12-4-2-5-14(8-12)24-19(25)13-9-15(11-22-10-13)23-18-16(20)6-3-7-17(18)21/h2-11,23H,1H3,(H,24,25). The summed E-state index contributed by atoms with van der Waals surface area (Å²) in [6.45, 7) is 1.97. The van der Waals surface area contributed by atoms with E-state index in [1.54, 1.807) is 30.5 Å². The zero-order chi connectivity index (χ0) is 17.8. The van der Waals surface area contributed by atoms with E-state index in [1.807, 2.05) is 31.2 Å². The fourth-order valence-electron chi connectivity index (χ4n) is 2.32. The second-order valence-electron chi connectivity index (χ2n) is 5.51. The van der Waals surface area contributed by atoms with Crippen molar-refractivity contribution in [3.05, 3.63) is 82.1 Å². The van der Waals surface area contributed by atoms with Crippen molar-refractivity contribution in [2.45, 2.75) is 6.92 Å². The number of benzene rings is 2. The van der Waals surface area contributed by atoms with Gasteiger partial charge in [-0.15, -0.1) is 0 Å². The number of amides is 1. The average molecular weight is 372 g/mol. The maximum atomic E-state index is 12.4. The number of aryl methyl sites for hydroxylation is 1. The number of rotatable bonds is 4. The molecule has 0 saturated carbocycles. The van der Waals surface area contributed by atoms with Gasteiger partial charge >= 0.3 is 0 Å². The highest BCUT2D eigenvalue weighted by atomic mass is 35.5. The minimum atomic E-state index is -0.244. The van der Waals surface area contributed by atoms with Gasteiger partial charge in [0.2, 0.25) is 0 Å². The highest BCUT2D eigenvalue weighted by Crippen LogP contribution is 2.32. The molecule has 3 rings (SSSR count). The summed E-state index contributed by atoms with van der Waals surface area (Å²) in [5.74, 6) is -0.244. The van der Waals surface area contributed by atoms with Gasteiger partial charge in [0, 0.05) is 11.9 Å². The molecule has 0 aliphatic rings. The summed E-state index contributed by atoms with van der Waals surface area (Å²) >= 11 is 12.3. The second-order valence-corrected chi connectivity index (χ2v) is 6.32. The number of para-hydroxylation sites is 1. The quantitative estimate of drug-likeness (QED) is 0.618. The van der Waals surface area contributed by atoms with E-state index in [-0.39, 0.29) is 5.91 Å². The van der Waals surface area contributed by atoms with Gasteiger partial charge in [-0.2, -0.15) is 0 Å². The number of aromatic nitrogens is 1. The predicted octanol–water partition coefficient (Wildman–Crippen LogP) is 5.69. The third-order valence-corrected chi connectivity index (χ3v) is 4.14. The molecule has 0 unspecified atom stereocenters. The Bertz CT molecular complexity index is 908. The van der Waals surface area contributed by atoms with Gasteiger partial charge < -0.3 is 10.6 Å². The van der Waals surface area contributed by atoms with Crippen LogP contribution < -0.4 is 10.6 Å². The van der Waals surface area contributed by atoms with Crippen molar-refractivity contribution in [2.24, 2.45) is 0 Å². The largest absolute Gasteiger partial charge is 0.352 e. The van der Waals surface area contributed by atoms with Crippen molar-refractivity contribution in [3.63, 3.8) is 0 Å². The number of nitrogens with one attached hydrogen (secondary N) is 2. The lowest BCUT2D eigenvalue weighted by molar-refractivity contribution is 0.102. The first-order chi connectivity index (χ1) is 12.0. The lowest BCUT2D eigenvalue weighted by Crippen LogP contribution is -2.12. The van der Waals surface area contributed by atoms with Crippen LogP contribution in [0.1, 0.15) is 15.9 Å². The highest BCUT2D eigenvalue weighted by Gasteiger charge is 2.10. The molecule has 1 aromatic heterocycles. The molecule has 0 bridgehead atoms. The Morgan fingerprint density at radius 2 is 1.68 bits per heavy atom. The van der Waals surface area contributed by atoms with Gasteiger partial charge in [-0.3, -0.25) is 9.78 Å². The van der Waals surface area contributed by atoms with Gasteiger partial charge in [0.25, 0.3) is 5.91 Å². The first kappa shape index (κ1) is 17.3. The molecule has 0 fully saturated rings. The molecule has 2 aromatic carbocycles. The molecule has 1 heterocycles. The number of halogens is 2. The molecule has 0 radical (unpaired) electrons. The summed E-state index contributed by atoms with van der Waals surface area (Å²) in [4.78, 5) is 16.5. The number of anilines is 3. The van der Waals surface area contributed by atoms with E-state index >= 15 is 0 Å². The Hall–Kier alpha value is -2.56. The molecule has 4 nitrogen and oxygen atoms in total. The van der Waals surface area contributed by atoms with E-state index in [0.717, 1.165) is 11.3 Å². The van der Waals surface area contributed by atoms with Gasteiger partial charge in [0.15, 0.2) is 0 Å². The van der Waals surface area contributed by atoms with Gasteiger partial charge in [-0.25, -0.2) is 0 Å². The number of carbonyl (C=O) groups is 1. The maximum Gasteiger partial charge on any atom is 0.257 e. The summed E-state index contributed by atoms with van der Waals surface area (Å²) < 4.78 is 0. The summed E-state index contributed by atoms with van der Waals surface area (Å²) in [7, 11) is 0. The normalized spacial score (nSPS) is 10.4. The molecule has 0 saturated heterocycles. The molecule has 2 N–H and O–H groups in total. The molecule has 0 atom stereocenters. The van der Waals surface area contributed by atoms with Gasteiger partial charge in [0.05, 0.1) is 33.2 Å². The van der Waals surface area contributed by atoms with Crippen molar-refractivity contribution >= 4 is 46.2 Å². The van der Waals surface area contributed by atoms with Gasteiger partial charge in [-0.05, 0) is 42.8 Å². The van der Waals surface area contributed by atoms with Crippen LogP contribution in [0.25, 0.3) is 0 Å². The number of hydrogen-bond acceptors (Lipinski definition) is 3. The average Bonchev–Trinajstić information content (AvgIpc) is 2.58. The molecule has 3 aromatic rings. The van der Waals surface area contributed by atoms with E-state index in [4.69, 9.17) is 23.2 Å². The molecule has 0 aliphatic heterocycles. The van der Waals surface area contributed by atoms with Crippen LogP contribution in [-0.2, 0) is 0 Å². The van der Waals surface area contributed by atoms with Crippen molar-refractivity contribution in [2.75, 3.05) is 10.6 Å². The van der Waals surface area contributed by atoms with Crippen molar-refractivity contribution in [1.82, 2.24) is 4.98 Å². The molecule has 0 aliphatic carbocycles. The van der Waals surface area contributed by atoms with Crippen LogP contribution in [0.3, 0.4) is 0 Å². The smallest absolute Gasteiger partial charge is 0.257 e. The van der Waals surface area contributed by atoms with Crippen LogP contribution in [0.5, 0.6) is 0 Å². The zero-order valence-corrected chi connectivity index (χ0v) is 14.9. The lowest BCUT2D eigenvalue weighted by Gasteiger charge is -2.11. The Morgan fingerprint density at radius 1 is 0.960 bits per heavy atom. The van der Waals surface area contributed by atoms with Crippen LogP contribution in [0, 0.1) is 6.92 Å².